The molecule has 0 heterocycles. The number of rotatable bonds is 6. The maximum absolute atomic E-state index is 2.53. The van der Waals surface area contributed by atoms with Gasteiger partial charge >= 0.3 is 0 Å². The molecule has 0 aliphatic carbocycles. The molecule has 4 rings (SSSR count). The molecule has 0 aromatic heterocycles. The zero-order valence-electron chi connectivity index (χ0n) is 17.7. The van der Waals surface area contributed by atoms with Crippen LogP contribution in [-0.4, -0.2) is 8.07 Å². The Morgan fingerprint density at radius 1 is 0.567 bits per heavy atom. The van der Waals surface area contributed by atoms with Gasteiger partial charge in [0.05, 0.1) is 8.07 Å². The maximum Gasteiger partial charge on any atom is 0.0919 e. The number of hydrogen-bond donors (Lipinski definition) is 0. The van der Waals surface area contributed by atoms with Gasteiger partial charge in [0.15, 0.2) is 0 Å². The summed E-state index contributed by atoms with van der Waals surface area (Å²) in [6, 6.07) is 43.6. The van der Waals surface area contributed by atoms with E-state index in [1.807, 2.05) is 0 Å². The molecule has 0 bridgehead atoms. The van der Waals surface area contributed by atoms with E-state index in [9.17, 15) is 0 Å². The van der Waals surface area contributed by atoms with Crippen LogP contribution >= 0.6 is 0 Å². The van der Waals surface area contributed by atoms with Gasteiger partial charge < -0.3 is 0 Å². The van der Waals surface area contributed by atoms with E-state index >= 15 is 0 Å². The number of benzene rings is 4. The normalized spacial score (nSPS) is 12.2. The van der Waals surface area contributed by atoms with Gasteiger partial charge in [0.1, 0.15) is 0 Å². The van der Waals surface area contributed by atoms with Crippen LogP contribution in [-0.2, 0) is 0 Å². The van der Waals surface area contributed by atoms with Crippen molar-refractivity contribution in [2.45, 2.75) is 18.6 Å². The molecule has 0 aliphatic heterocycles. The highest BCUT2D eigenvalue weighted by Crippen LogP contribution is 2.34. The molecule has 4 aromatic rings. The Kier molecular flexibility index (Phi) is 6.11. The minimum absolute atomic E-state index is 0.358. The van der Waals surface area contributed by atoms with Crippen molar-refractivity contribution in [3.05, 3.63) is 144 Å². The van der Waals surface area contributed by atoms with Crippen molar-refractivity contribution >= 4 is 18.8 Å². The number of allylic oxidation sites excluding steroid dienone is 1. The predicted molar refractivity (Wildman–Crippen MR) is 133 cm³/mol. The third-order valence-electron chi connectivity index (χ3n) is 5.96. The quantitative estimate of drug-likeness (QED) is 0.302. The Morgan fingerprint density at radius 3 is 1.43 bits per heavy atom. The van der Waals surface area contributed by atoms with Crippen LogP contribution in [0.3, 0.4) is 0 Å². The molecule has 30 heavy (non-hydrogen) atoms. The van der Waals surface area contributed by atoms with E-state index < -0.39 is 8.07 Å². The highest BCUT2D eigenvalue weighted by Gasteiger charge is 2.33. The first kappa shape index (κ1) is 20.1. The Labute approximate surface area is 181 Å². The second kappa shape index (κ2) is 9.11. The van der Waals surface area contributed by atoms with Gasteiger partial charge in [-0.15, -0.1) is 0 Å². The van der Waals surface area contributed by atoms with Crippen LogP contribution in [0.4, 0.5) is 0 Å². The van der Waals surface area contributed by atoms with Gasteiger partial charge in [-0.2, -0.15) is 0 Å². The monoisotopic (exact) mass is 404 g/mol. The summed E-state index contributed by atoms with van der Waals surface area (Å²) in [5, 5.41) is 1.48. The Hall–Kier alpha value is -3.16. The van der Waals surface area contributed by atoms with E-state index in [1.165, 1.54) is 27.5 Å². The zero-order chi connectivity index (χ0) is 20.8. The van der Waals surface area contributed by atoms with Gasteiger partial charge in [0.25, 0.3) is 0 Å². The molecule has 4 aromatic carbocycles. The van der Waals surface area contributed by atoms with Gasteiger partial charge in [-0.1, -0.05) is 146 Å². The molecule has 0 N–H and O–H groups in total. The van der Waals surface area contributed by atoms with Crippen LogP contribution in [0, 0.1) is 0 Å². The molecule has 0 spiro atoms. The van der Waals surface area contributed by atoms with Crippen molar-refractivity contribution in [3.63, 3.8) is 0 Å². The van der Waals surface area contributed by atoms with Crippen LogP contribution in [0.25, 0.3) is 5.57 Å². The van der Waals surface area contributed by atoms with Gasteiger partial charge in [0.2, 0.25) is 0 Å². The summed E-state index contributed by atoms with van der Waals surface area (Å²) in [5.74, 6) is 0. The third kappa shape index (κ3) is 4.37. The van der Waals surface area contributed by atoms with Gasteiger partial charge in [-0.05, 0) is 22.3 Å². The fourth-order valence-corrected chi connectivity index (χ4v) is 7.21. The van der Waals surface area contributed by atoms with Crippen molar-refractivity contribution in [1.82, 2.24) is 0 Å². The highest BCUT2D eigenvalue weighted by molar-refractivity contribution is 6.91. The lowest BCUT2D eigenvalue weighted by Crippen LogP contribution is -2.47. The Morgan fingerprint density at radius 2 is 0.967 bits per heavy atom. The van der Waals surface area contributed by atoms with E-state index in [-0.39, 0.29) is 0 Å². The van der Waals surface area contributed by atoms with Crippen LogP contribution in [0.5, 0.6) is 0 Å². The second-order valence-electron chi connectivity index (χ2n) is 8.29. The number of hydrogen-bond acceptors (Lipinski definition) is 0. The zero-order valence-corrected chi connectivity index (χ0v) is 18.7. The molecule has 0 radical (unpaired) electrons. The summed E-state index contributed by atoms with van der Waals surface area (Å²) >= 11 is 0. The maximum atomic E-state index is 2.53. The van der Waals surface area contributed by atoms with Gasteiger partial charge in [-0.3, -0.25) is 0 Å². The first-order chi connectivity index (χ1) is 14.7. The molecule has 1 heteroatoms. The molecular formula is C29H28Si. The molecule has 0 saturated heterocycles. The van der Waals surface area contributed by atoms with Gasteiger partial charge in [-0.25, -0.2) is 0 Å². The molecule has 0 amide bonds. The topological polar surface area (TPSA) is 0 Å². The largest absolute Gasteiger partial charge is 0.0919 e. The summed E-state index contributed by atoms with van der Waals surface area (Å²) < 4.78 is 0. The Balaban J connectivity index is 1.92. The van der Waals surface area contributed by atoms with Crippen molar-refractivity contribution in [2.24, 2.45) is 0 Å². The first-order valence-corrected chi connectivity index (χ1v) is 13.7. The minimum Gasteiger partial charge on any atom is -0.0709 e. The molecule has 0 unspecified atom stereocenters. The average molecular weight is 405 g/mol. The van der Waals surface area contributed by atoms with Crippen molar-refractivity contribution < 1.29 is 0 Å². The molecule has 0 saturated carbocycles. The lowest BCUT2D eigenvalue weighted by Gasteiger charge is -2.32. The lowest BCUT2D eigenvalue weighted by molar-refractivity contribution is 1.14. The van der Waals surface area contributed by atoms with Crippen LogP contribution in [0.2, 0.25) is 13.1 Å². The summed E-state index contributed by atoms with van der Waals surface area (Å²) in [5.41, 5.74) is 5.59. The average Bonchev–Trinajstić information content (AvgIpc) is 2.82. The van der Waals surface area contributed by atoms with E-state index in [0.717, 1.165) is 0 Å². The summed E-state index contributed by atoms with van der Waals surface area (Å²) in [4.78, 5) is 0. The molecule has 148 valence electrons. The van der Waals surface area contributed by atoms with Crippen molar-refractivity contribution in [2.75, 3.05) is 0 Å². The Bertz CT molecular complexity index is 1040. The smallest absolute Gasteiger partial charge is 0.0709 e. The molecular weight excluding hydrogens is 376 g/mol. The van der Waals surface area contributed by atoms with Crippen molar-refractivity contribution in [3.8, 4) is 0 Å². The third-order valence-corrected chi connectivity index (χ3v) is 9.83. The fourth-order valence-electron chi connectivity index (χ4n) is 4.19. The standard InChI is InChI=1S/C29H28Si/c1-30(2,27-21-13-6-14-22-27)29(26-19-11-5-12-20-26)23-28(24-15-7-3-8-16-24)25-17-9-4-10-18-25/h3-23,29H,1-2H3/t29-/m0/s1. The second-order valence-corrected chi connectivity index (χ2v) is 12.9. The van der Waals surface area contributed by atoms with Crippen LogP contribution < -0.4 is 5.19 Å². The van der Waals surface area contributed by atoms with Gasteiger partial charge in [0, 0.05) is 5.54 Å². The van der Waals surface area contributed by atoms with Crippen LogP contribution in [0.1, 0.15) is 22.2 Å². The molecule has 0 nitrogen and oxygen atoms in total. The summed E-state index contributed by atoms with van der Waals surface area (Å²) in [6.07, 6.45) is 2.53. The summed E-state index contributed by atoms with van der Waals surface area (Å²) in [7, 11) is -1.85. The molecule has 0 fully saturated rings. The van der Waals surface area contributed by atoms with Crippen molar-refractivity contribution in [1.29, 1.82) is 0 Å². The molecule has 0 aliphatic rings. The summed E-state index contributed by atoms with van der Waals surface area (Å²) in [6.45, 7) is 4.98. The van der Waals surface area contributed by atoms with E-state index in [2.05, 4.69) is 140 Å². The predicted octanol–water partition coefficient (Wildman–Crippen LogP) is 7.06. The first-order valence-electron chi connectivity index (χ1n) is 10.6. The van der Waals surface area contributed by atoms with E-state index in [1.54, 1.807) is 0 Å². The van der Waals surface area contributed by atoms with Crippen LogP contribution in [0.15, 0.2) is 127 Å². The minimum atomic E-state index is -1.85. The lowest BCUT2D eigenvalue weighted by atomic mass is 9.95. The fraction of sp³-hybridized carbons (Fsp3) is 0.103. The highest BCUT2D eigenvalue weighted by atomic mass is 28.3. The van der Waals surface area contributed by atoms with E-state index in [4.69, 9.17) is 0 Å². The van der Waals surface area contributed by atoms with E-state index in [0.29, 0.717) is 5.54 Å². The molecule has 1 atom stereocenters. The SMILES string of the molecule is C[Si](C)(c1ccccc1)[C@@H](C=C(c1ccccc1)c1ccccc1)c1ccccc1.